The molecule has 0 saturated carbocycles. The van der Waals surface area contributed by atoms with E-state index in [2.05, 4.69) is 53.9 Å². The second-order valence-electron chi connectivity index (χ2n) is 5.73. The lowest BCUT2D eigenvalue weighted by Gasteiger charge is -2.40. The standard InChI is InChI=1S/C16H29N5/c1-5-8-17-15-11-16(19-14(6-2)18-15)21-10-9-20(7-3)13(4)12-21/h11,13H,5-10,12H2,1-4H3,(H,17,18,19). The highest BCUT2D eigenvalue weighted by atomic mass is 15.3. The number of nitrogens with zero attached hydrogens (tertiary/aromatic N) is 4. The number of hydrogen-bond acceptors (Lipinski definition) is 5. The van der Waals surface area contributed by atoms with E-state index in [0.717, 1.165) is 63.0 Å². The summed E-state index contributed by atoms with van der Waals surface area (Å²) in [5, 5.41) is 3.39. The Morgan fingerprint density at radius 1 is 1.24 bits per heavy atom. The molecule has 0 aromatic carbocycles. The second kappa shape index (κ2) is 7.59. The first kappa shape index (κ1) is 16.0. The molecule has 1 unspecified atom stereocenters. The van der Waals surface area contributed by atoms with Gasteiger partial charge in [0.05, 0.1) is 0 Å². The van der Waals surface area contributed by atoms with Gasteiger partial charge in [0.15, 0.2) is 0 Å². The predicted octanol–water partition coefficient (Wildman–Crippen LogP) is 2.39. The van der Waals surface area contributed by atoms with Gasteiger partial charge in [0.1, 0.15) is 17.5 Å². The third-order valence-electron chi connectivity index (χ3n) is 4.13. The monoisotopic (exact) mass is 291 g/mol. The van der Waals surface area contributed by atoms with E-state index in [4.69, 9.17) is 4.98 Å². The van der Waals surface area contributed by atoms with Crippen LogP contribution in [0.15, 0.2) is 6.07 Å². The van der Waals surface area contributed by atoms with Crippen LogP contribution in [0.3, 0.4) is 0 Å². The average Bonchev–Trinajstić information content (AvgIpc) is 2.52. The molecule has 0 aliphatic carbocycles. The molecule has 1 atom stereocenters. The summed E-state index contributed by atoms with van der Waals surface area (Å²) < 4.78 is 0. The molecular formula is C16H29N5. The molecule has 5 nitrogen and oxygen atoms in total. The Morgan fingerprint density at radius 2 is 2.05 bits per heavy atom. The minimum absolute atomic E-state index is 0.579. The van der Waals surface area contributed by atoms with Gasteiger partial charge in [-0.1, -0.05) is 20.8 Å². The second-order valence-corrected chi connectivity index (χ2v) is 5.73. The molecule has 5 heteroatoms. The summed E-state index contributed by atoms with van der Waals surface area (Å²) >= 11 is 0. The van der Waals surface area contributed by atoms with E-state index in [-0.39, 0.29) is 0 Å². The Kier molecular flexibility index (Phi) is 5.79. The number of anilines is 2. The Hall–Kier alpha value is -1.36. The number of likely N-dealkylation sites (N-methyl/N-ethyl adjacent to an activating group) is 1. The molecular weight excluding hydrogens is 262 g/mol. The first-order chi connectivity index (χ1) is 10.2. The number of aromatic nitrogens is 2. The molecule has 2 rings (SSSR count). The van der Waals surface area contributed by atoms with Crippen LogP contribution in [0.5, 0.6) is 0 Å². The van der Waals surface area contributed by atoms with Gasteiger partial charge in [-0.05, 0) is 19.9 Å². The van der Waals surface area contributed by atoms with E-state index in [9.17, 15) is 0 Å². The zero-order chi connectivity index (χ0) is 15.2. The number of aryl methyl sites for hydroxylation is 1. The van der Waals surface area contributed by atoms with Gasteiger partial charge in [0, 0.05) is 44.7 Å². The molecule has 21 heavy (non-hydrogen) atoms. The highest BCUT2D eigenvalue weighted by Crippen LogP contribution is 2.20. The van der Waals surface area contributed by atoms with Crippen molar-refractivity contribution in [2.45, 2.75) is 46.6 Å². The van der Waals surface area contributed by atoms with Crippen molar-refractivity contribution in [2.24, 2.45) is 0 Å². The van der Waals surface area contributed by atoms with Gasteiger partial charge in [-0.15, -0.1) is 0 Å². The Bertz CT molecular complexity index is 448. The number of rotatable bonds is 6. The van der Waals surface area contributed by atoms with Crippen molar-refractivity contribution >= 4 is 11.6 Å². The van der Waals surface area contributed by atoms with Crippen LogP contribution in [0.4, 0.5) is 11.6 Å². The summed E-state index contributed by atoms with van der Waals surface area (Å²) in [4.78, 5) is 14.2. The summed E-state index contributed by atoms with van der Waals surface area (Å²) in [6.45, 7) is 14.1. The first-order valence-electron chi connectivity index (χ1n) is 8.28. The van der Waals surface area contributed by atoms with Crippen LogP contribution in [-0.4, -0.2) is 53.6 Å². The van der Waals surface area contributed by atoms with Crippen molar-refractivity contribution in [3.63, 3.8) is 0 Å². The normalized spacial score (nSPS) is 19.8. The van der Waals surface area contributed by atoms with Gasteiger partial charge in [-0.2, -0.15) is 0 Å². The van der Waals surface area contributed by atoms with Crippen molar-refractivity contribution in [3.8, 4) is 0 Å². The molecule has 1 aromatic heterocycles. The zero-order valence-electron chi connectivity index (χ0n) is 13.9. The Labute approximate surface area is 128 Å². The van der Waals surface area contributed by atoms with Crippen molar-refractivity contribution in [1.82, 2.24) is 14.9 Å². The van der Waals surface area contributed by atoms with Crippen LogP contribution < -0.4 is 10.2 Å². The maximum Gasteiger partial charge on any atom is 0.134 e. The van der Waals surface area contributed by atoms with E-state index >= 15 is 0 Å². The van der Waals surface area contributed by atoms with Crippen LogP contribution in [0.2, 0.25) is 0 Å². The molecule has 118 valence electrons. The molecule has 0 amide bonds. The fraction of sp³-hybridized carbons (Fsp3) is 0.750. The van der Waals surface area contributed by atoms with Gasteiger partial charge in [-0.25, -0.2) is 9.97 Å². The maximum absolute atomic E-state index is 4.73. The van der Waals surface area contributed by atoms with Gasteiger partial charge in [0.25, 0.3) is 0 Å². The van der Waals surface area contributed by atoms with Crippen LogP contribution in [0, 0.1) is 0 Å². The lowest BCUT2D eigenvalue weighted by Crippen LogP contribution is -2.52. The van der Waals surface area contributed by atoms with E-state index in [0.29, 0.717) is 6.04 Å². The minimum Gasteiger partial charge on any atom is -0.370 e. The van der Waals surface area contributed by atoms with Crippen LogP contribution in [-0.2, 0) is 6.42 Å². The molecule has 1 aliphatic rings. The molecule has 0 spiro atoms. The quantitative estimate of drug-likeness (QED) is 0.872. The zero-order valence-corrected chi connectivity index (χ0v) is 13.9. The number of hydrogen-bond donors (Lipinski definition) is 1. The van der Waals surface area contributed by atoms with Gasteiger partial charge >= 0.3 is 0 Å². The topological polar surface area (TPSA) is 44.3 Å². The number of piperazine rings is 1. The summed E-state index contributed by atoms with van der Waals surface area (Å²) in [6, 6.07) is 2.68. The molecule has 1 aliphatic heterocycles. The molecule has 1 fully saturated rings. The first-order valence-corrected chi connectivity index (χ1v) is 8.28. The average molecular weight is 291 g/mol. The molecule has 2 heterocycles. The van der Waals surface area contributed by atoms with E-state index in [1.807, 2.05) is 0 Å². The van der Waals surface area contributed by atoms with Crippen LogP contribution >= 0.6 is 0 Å². The maximum atomic E-state index is 4.73. The van der Waals surface area contributed by atoms with Gasteiger partial charge in [-0.3, -0.25) is 4.90 Å². The van der Waals surface area contributed by atoms with E-state index in [1.54, 1.807) is 0 Å². The van der Waals surface area contributed by atoms with Crippen molar-refractivity contribution in [1.29, 1.82) is 0 Å². The van der Waals surface area contributed by atoms with Crippen LogP contribution in [0.25, 0.3) is 0 Å². The van der Waals surface area contributed by atoms with E-state index < -0.39 is 0 Å². The summed E-state index contributed by atoms with van der Waals surface area (Å²) in [6.07, 6.45) is 1.98. The predicted molar refractivity (Wildman–Crippen MR) is 89.1 cm³/mol. The fourth-order valence-electron chi connectivity index (χ4n) is 2.82. The largest absolute Gasteiger partial charge is 0.370 e. The third-order valence-corrected chi connectivity index (χ3v) is 4.13. The highest BCUT2D eigenvalue weighted by Gasteiger charge is 2.23. The molecule has 1 aromatic rings. The van der Waals surface area contributed by atoms with Gasteiger partial charge < -0.3 is 10.2 Å². The summed E-state index contributed by atoms with van der Waals surface area (Å²) in [5.74, 6) is 2.96. The van der Waals surface area contributed by atoms with E-state index in [1.165, 1.54) is 0 Å². The summed E-state index contributed by atoms with van der Waals surface area (Å²) in [7, 11) is 0. The molecule has 0 bridgehead atoms. The molecule has 1 saturated heterocycles. The molecule has 0 radical (unpaired) electrons. The lowest BCUT2D eigenvalue weighted by molar-refractivity contribution is 0.199. The highest BCUT2D eigenvalue weighted by molar-refractivity contribution is 5.50. The minimum atomic E-state index is 0.579. The van der Waals surface area contributed by atoms with Crippen molar-refractivity contribution in [2.75, 3.05) is 42.9 Å². The smallest absolute Gasteiger partial charge is 0.134 e. The van der Waals surface area contributed by atoms with Gasteiger partial charge in [0.2, 0.25) is 0 Å². The number of nitrogens with one attached hydrogen (secondary N) is 1. The summed E-state index contributed by atoms with van der Waals surface area (Å²) in [5.41, 5.74) is 0. The Balaban J connectivity index is 2.14. The Morgan fingerprint density at radius 3 is 2.67 bits per heavy atom. The molecule has 1 N–H and O–H groups in total. The van der Waals surface area contributed by atoms with Crippen molar-refractivity contribution in [3.05, 3.63) is 11.9 Å². The SMILES string of the molecule is CCCNc1cc(N2CCN(CC)C(C)C2)nc(CC)n1. The van der Waals surface area contributed by atoms with Crippen LogP contribution in [0.1, 0.15) is 39.9 Å². The fourth-order valence-corrected chi connectivity index (χ4v) is 2.82. The van der Waals surface area contributed by atoms with Crippen molar-refractivity contribution < 1.29 is 0 Å². The lowest BCUT2D eigenvalue weighted by atomic mass is 10.2. The third kappa shape index (κ3) is 4.06.